The van der Waals surface area contributed by atoms with Crippen molar-refractivity contribution in [1.29, 1.82) is 0 Å². The van der Waals surface area contributed by atoms with E-state index in [2.05, 4.69) is 39.9 Å². The number of benzene rings is 1. The van der Waals surface area contributed by atoms with E-state index < -0.39 is 34.3 Å². The third-order valence-electron chi connectivity index (χ3n) is 9.05. The molecule has 284 valence electrons. The van der Waals surface area contributed by atoms with E-state index in [1.165, 1.54) is 44.9 Å². The first-order valence-electron chi connectivity index (χ1n) is 16.5. The van der Waals surface area contributed by atoms with Crippen molar-refractivity contribution in [2.75, 3.05) is 6.54 Å². The Bertz CT molecular complexity index is 1110. The largest absolute Gasteiger partial charge is 0.693 e. The smallest absolute Gasteiger partial charge is 0.693 e. The molecule has 10 nitrogen and oxygen atoms in total. The molecule has 1 aliphatic heterocycles. The summed E-state index contributed by atoms with van der Waals surface area (Å²) >= 11 is -0.472. The van der Waals surface area contributed by atoms with Gasteiger partial charge in [0.05, 0.1) is 6.42 Å². The third kappa shape index (κ3) is 19.1. The topological polar surface area (TPSA) is 200 Å². The number of nitrogens with two attached hydrogens (primary N) is 2. The van der Waals surface area contributed by atoms with Crippen molar-refractivity contribution in [3.05, 3.63) is 34.6 Å². The minimum absolute atomic E-state index is 0. The van der Waals surface area contributed by atoms with E-state index in [-0.39, 0.29) is 42.8 Å². The van der Waals surface area contributed by atoms with Crippen LogP contribution in [0.25, 0.3) is 12.3 Å². The van der Waals surface area contributed by atoms with Crippen molar-refractivity contribution in [2.24, 2.45) is 17.8 Å². The van der Waals surface area contributed by atoms with Gasteiger partial charge in [-0.1, -0.05) is 72.6 Å². The van der Waals surface area contributed by atoms with Gasteiger partial charge < -0.3 is 37.7 Å². The van der Waals surface area contributed by atoms with Gasteiger partial charge in [0.25, 0.3) is 0 Å². The maximum Gasteiger partial charge on any atom is -0.693 e. The van der Waals surface area contributed by atoms with E-state index in [4.69, 9.17) is 33.4 Å². The van der Waals surface area contributed by atoms with Gasteiger partial charge in [-0.25, -0.2) is 4.79 Å². The van der Waals surface area contributed by atoms with Crippen LogP contribution in [-0.4, -0.2) is 40.6 Å². The van der Waals surface area contributed by atoms with Crippen LogP contribution in [0.4, 0.5) is 0 Å². The number of hydrogen-bond donors (Lipinski definition) is 2. The fourth-order valence-electron chi connectivity index (χ4n) is 6.04. The number of carbonyl (C=O) groups excluding carboxylic acids is 2. The molecular formula is C35H63Cl2N3O7Pt. The van der Waals surface area contributed by atoms with Crippen LogP contribution in [0.2, 0.25) is 0 Å². The molecule has 0 radical (unpaired) electrons. The minimum atomic E-state index is -1.06. The first-order valence-corrected chi connectivity index (χ1v) is 22.1. The molecule has 0 saturated carbocycles. The summed E-state index contributed by atoms with van der Waals surface area (Å²) in [6, 6.07) is 0. The summed E-state index contributed by atoms with van der Waals surface area (Å²) in [5, 5.41) is 11.1. The van der Waals surface area contributed by atoms with Gasteiger partial charge in [-0.3, -0.25) is 9.59 Å². The van der Waals surface area contributed by atoms with Crippen molar-refractivity contribution in [1.82, 2.24) is 5.32 Å². The molecule has 1 amide bonds. The van der Waals surface area contributed by atoms with Crippen LogP contribution in [0.3, 0.4) is 0 Å². The van der Waals surface area contributed by atoms with Crippen molar-refractivity contribution >= 4 is 36.7 Å². The standard InChI is InChI=1S/C35H57NO6.2ClH.2H2N.H2O.Pt/c1-23(2)12-9-13-24(3)14-10-15-25(4)16-11-20-35(8)21-19-29-28(7)33(26(5)27(6)34(29)42-35)41-32(40)22-36-30(37)17-18-31(38)39;;;;;;/h23-25H,9-22H2,1-8H3,(H,36,37)(H,38,39);2*1H;3*1H2;/q;;;2*-1;;+4/p-2. The van der Waals surface area contributed by atoms with Crippen LogP contribution >= 0.6 is 18.8 Å². The number of hydrogen-bond acceptors (Lipinski definition) is 5. The van der Waals surface area contributed by atoms with Crippen LogP contribution < -0.4 is 14.8 Å². The first kappa shape index (κ1) is 51.0. The van der Waals surface area contributed by atoms with Crippen molar-refractivity contribution in [3.63, 3.8) is 0 Å². The number of fused-ring (bicyclic) bond motifs is 1. The predicted octanol–water partition coefficient (Wildman–Crippen LogP) is 10.0. The van der Waals surface area contributed by atoms with Crippen LogP contribution in [0.1, 0.15) is 134 Å². The molecule has 1 heterocycles. The fourth-order valence-corrected chi connectivity index (χ4v) is 6.04. The number of halogens is 2. The van der Waals surface area contributed by atoms with Gasteiger partial charge in [0.2, 0.25) is 5.91 Å². The van der Waals surface area contributed by atoms with Gasteiger partial charge in [0, 0.05) is 12.0 Å². The summed E-state index contributed by atoms with van der Waals surface area (Å²) < 4.78 is 12.4. The Morgan fingerprint density at radius 2 is 1.42 bits per heavy atom. The zero-order valence-electron chi connectivity index (χ0n) is 30.3. The third-order valence-corrected chi connectivity index (χ3v) is 9.05. The number of aliphatic carboxylic acids is 1. The Labute approximate surface area is 306 Å². The Morgan fingerprint density at radius 3 is 1.94 bits per heavy atom. The summed E-state index contributed by atoms with van der Waals surface area (Å²) in [5.41, 5.74) is 3.60. The maximum atomic E-state index is 12.5. The molecule has 0 fully saturated rings. The van der Waals surface area contributed by atoms with Crippen LogP contribution in [0.15, 0.2) is 0 Å². The number of nitrogens with one attached hydrogen (secondary N) is 1. The first-order chi connectivity index (χ1) is 21.1. The Morgan fingerprint density at radius 1 is 0.896 bits per heavy atom. The monoisotopic (exact) mass is 902 g/mol. The fraction of sp³-hybridized carbons (Fsp3) is 0.743. The predicted molar refractivity (Wildman–Crippen MR) is 194 cm³/mol. The second kappa shape index (κ2) is 26.4. The van der Waals surface area contributed by atoms with Crippen molar-refractivity contribution < 1.29 is 50.9 Å². The second-order valence-electron chi connectivity index (χ2n) is 13.6. The number of carboxylic acids is 1. The molecule has 0 bridgehead atoms. The van der Waals surface area contributed by atoms with E-state index in [1.54, 1.807) is 0 Å². The molecule has 0 aliphatic carbocycles. The summed E-state index contributed by atoms with van der Waals surface area (Å²) in [6.45, 7) is 17.2. The van der Waals surface area contributed by atoms with Crippen molar-refractivity contribution in [3.8, 4) is 11.5 Å². The zero-order valence-corrected chi connectivity index (χ0v) is 34.1. The summed E-state index contributed by atoms with van der Waals surface area (Å²) in [7, 11) is 9.75. The molecule has 2 rings (SSSR count). The summed E-state index contributed by atoms with van der Waals surface area (Å²) in [5.74, 6) is 1.69. The number of ether oxygens (including phenoxy) is 2. The second-order valence-corrected chi connectivity index (χ2v) is 16.9. The Kier molecular flexibility index (Phi) is 28.0. The molecule has 1 aromatic carbocycles. The van der Waals surface area contributed by atoms with Crippen LogP contribution in [0, 0.1) is 38.5 Å². The molecule has 3 unspecified atom stereocenters. The molecule has 0 spiro atoms. The zero-order chi connectivity index (χ0) is 34.2. The van der Waals surface area contributed by atoms with Gasteiger partial charge in [0.1, 0.15) is 23.6 Å². The van der Waals surface area contributed by atoms with Gasteiger partial charge in [-0.2, -0.15) is 0 Å². The van der Waals surface area contributed by atoms with E-state index >= 15 is 0 Å². The average Bonchev–Trinajstić information content (AvgIpc) is 2.96. The van der Waals surface area contributed by atoms with E-state index in [0.717, 1.165) is 71.4 Å². The van der Waals surface area contributed by atoms with E-state index in [9.17, 15) is 14.4 Å². The van der Waals surface area contributed by atoms with Gasteiger partial charge >= 0.3 is 47.3 Å². The minimum Gasteiger partial charge on any atom is -0.693 e. The van der Waals surface area contributed by atoms with Crippen molar-refractivity contribution in [2.45, 2.75) is 144 Å². The molecular weight excluding hydrogens is 840 g/mol. The van der Waals surface area contributed by atoms with E-state index in [0.29, 0.717) is 5.75 Å². The Hall–Kier alpha value is -1.42. The normalized spacial score (nSPS) is 16.0. The maximum absolute atomic E-state index is 12.5. The molecule has 13 heteroatoms. The molecule has 8 N–H and O–H groups in total. The number of rotatable bonds is 18. The van der Waals surface area contributed by atoms with Gasteiger partial charge in [-0.15, -0.1) is 0 Å². The van der Waals surface area contributed by atoms with E-state index in [1.807, 2.05) is 20.8 Å². The van der Waals surface area contributed by atoms with Crippen LogP contribution in [-0.2, 0) is 37.3 Å². The molecule has 1 aromatic rings. The molecule has 1 aliphatic rings. The molecule has 0 aromatic heterocycles. The average molecular weight is 904 g/mol. The summed E-state index contributed by atoms with van der Waals surface area (Å²) in [4.78, 5) is 34.9. The summed E-state index contributed by atoms with van der Waals surface area (Å²) in [6.07, 6.45) is 12.8. The number of carbonyl (C=O) groups is 3. The number of carboxylic acid groups (broad SMARTS) is 1. The van der Waals surface area contributed by atoms with Gasteiger partial charge in [0.15, 0.2) is 0 Å². The molecule has 48 heavy (non-hydrogen) atoms. The number of esters is 1. The van der Waals surface area contributed by atoms with Crippen LogP contribution in [0.5, 0.6) is 11.5 Å². The Balaban J connectivity index is -0.00000324. The van der Waals surface area contributed by atoms with Gasteiger partial charge in [-0.05, 0) is 87.8 Å². The number of amides is 1. The molecule has 3 atom stereocenters. The SMILES string of the molecule is Cc1c(C)c2c(c(C)c1OC(=O)CNC(=O)CCC(=O)O)CCC(C)(CCCC(C)CCCC(C)CCCC(C)C)O2.O.[Cl][Pt+2][Cl].[NH2-].[NH2-]. The molecule has 0 saturated heterocycles. The quantitative estimate of drug-likeness (QED) is 0.108.